The first kappa shape index (κ1) is 15.7. The topological polar surface area (TPSA) is 33.2 Å². The van der Waals surface area contributed by atoms with Crippen molar-refractivity contribution in [3.8, 4) is 0 Å². The van der Waals surface area contributed by atoms with Gasteiger partial charge in [-0.15, -0.1) is 11.3 Å². The van der Waals surface area contributed by atoms with Gasteiger partial charge in [0.05, 0.1) is 6.42 Å². The van der Waals surface area contributed by atoms with Crippen molar-refractivity contribution in [2.75, 3.05) is 13.1 Å². The van der Waals surface area contributed by atoms with Crippen molar-refractivity contribution < 1.29 is 4.79 Å². The molecule has 0 aromatic carbocycles. The molecule has 112 valence electrons. The molecule has 0 saturated heterocycles. The Hall–Kier alpha value is -1.68. The summed E-state index contributed by atoms with van der Waals surface area (Å²) in [6, 6.07) is 10.0. The molecule has 0 aliphatic carbocycles. The van der Waals surface area contributed by atoms with Gasteiger partial charge in [0.1, 0.15) is 0 Å². The first-order valence-electron chi connectivity index (χ1n) is 7.42. The first-order chi connectivity index (χ1) is 10.2. The number of carbonyl (C=O) groups is 1. The molecule has 0 aliphatic heterocycles. The molecule has 0 atom stereocenters. The average Bonchev–Trinajstić information content (AvgIpc) is 2.89. The molecule has 0 N–H and O–H groups in total. The van der Waals surface area contributed by atoms with Crippen molar-refractivity contribution in [3.63, 3.8) is 0 Å². The molecule has 1 amide bonds. The Morgan fingerprint density at radius 2 is 2.10 bits per heavy atom. The fourth-order valence-electron chi connectivity index (χ4n) is 2.27. The lowest BCUT2D eigenvalue weighted by molar-refractivity contribution is -0.130. The normalized spacial score (nSPS) is 10.6. The van der Waals surface area contributed by atoms with E-state index in [0.29, 0.717) is 6.42 Å². The van der Waals surface area contributed by atoms with Gasteiger partial charge in [-0.1, -0.05) is 13.0 Å². The Balaban J connectivity index is 1.92. The molecule has 2 aromatic rings. The number of thiophene rings is 1. The van der Waals surface area contributed by atoms with Gasteiger partial charge < -0.3 is 4.90 Å². The monoisotopic (exact) mass is 302 g/mol. The zero-order chi connectivity index (χ0) is 15.1. The SMILES string of the molecule is CCCN(CCc1ccccn1)C(=O)Cc1ccc(C)s1. The van der Waals surface area contributed by atoms with Gasteiger partial charge in [-0.05, 0) is 37.6 Å². The lowest BCUT2D eigenvalue weighted by atomic mass is 10.2. The number of pyridine rings is 1. The van der Waals surface area contributed by atoms with Crippen molar-refractivity contribution in [1.29, 1.82) is 0 Å². The summed E-state index contributed by atoms with van der Waals surface area (Å²) in [5.41, 5.74) is 1.04. The van der Waals surface area contributed by atoms with E-state index in [4.69, 9.17) is 0 Å². The predicted octanol–water partition coefficient (Wildman–Crippen LogP) is 3.48. The van der Waals surface area contributed by atoms with Gasteiger partial charge in [0.25, 0.3) is 0 Å². The molecule has 4 heteroatoms. The minimum absolute atomic E-state index is 0.217. The second kappa shape index (κ2) is 7.93. The summed E-state index contributed by atoms with van der Waals surface area (Å²) in [5, 5.41) is 0. The predicted molar refractivity (Wildman–Crippen MR) is 87.6 cm³/mol. The Labute approximate surface area is 130 Å². The highest BCUT2D eigenvalue weighted by Gasteiger charge is 2.14. The lowest BCUT2D eigenvalue weighted by Crippen LogP contribution is -2.34. The van der Waals surface area contributed by atoms with Crippen LogP contribution in [-0.4, -0.2) is 28.9 Å². The highest BCUT2D eigenvalue weighted by Crippen LogP contribution is 2.16. The highest BCUT2D eigenvalue weighted by molar-refractivity contribution is 7.12. The minimum atomic E-state index is 0.217. The Bertz CT molecular complexity index is 565. The summed E-state index contributed by atoms with van der Waals surface area (Å²) in [4.78, 5) is 21.1. The van der Waals surface area contributed by atoms with Gasteiger partial charge in [-0.2, -0.15) is 0 Å². The number of rotatable bonds is 7. The smallest absolute Gasteiger partial charge is 0.227 e. The fraction of sp³-hybridized carbons (Fsp3) is 0.412. The van der Waals surface area contributed by atoms with Crippen LogP contribution in [0.2, 0.25) is 0 Å². The van der Waals surface area contributed by atoms with Crippen molar-refractivity contribution in [3.05, 3.63) is 52.0 Å². The summed E-state index contributed by atoms with van der Waals surface area (Å²) in [6.07, 6.45) is 4.12. The Morgan fingerprint density at radius 1 is 1.24 bits per heavy atom. The molecular formula is C17H22N2OS. The van der Waals surface area contributed by atoms with Crippen LogP contribution in [0.1, 0.15) is 28.8 Å². The van der Waals surface area contributed by atoms with E-state index in [-0.39, 0.29) is 5.91 Å². The maximum atomic E-state index is 12.4. The molecular weight excluding hydrogens is 280 g/mol. The van der Waals surface area contributed by atoms with Crippen LogP contribution < -0.4 is 0 Å². The summed E-state index contributed by atoms with van der Waals surface area (Å²) >= 11 is 1.71. The maximum Gasteiger partial charge on any atom is 0.227 e. The van der Waals surface area contributed by atoms with Crippen LogP contribution in [0.3, 0.4) is 0 Å². The second-order valence-corrected chi connectivity index (χ2v) is 6.51. The van der Waals surface area contributed by atoms with Crippen LogP contribution in [0.15, 0.2) is 36.5 Å². The van der Waals surface area contributed by atoms with Crippen LogP contribution >= 0.6 is 11.3 Å². The Morgan fingerprint density at radius 3 is 2.71 bits per heavy atom. The second-order valence-electron chi connectivity index (χ2n) is 5.14. The van der Waals surface area contributed by atoms with Crippen molar-refractivity contribution in [2.24, 2.45) is 0 Å². The van der Waals surface area contributed by atoms with Crippen LogP contribution in [0.4, 0.5) is 0 Å². The standard InChI is InChI=1S/C17H22N2OS/c1-3-11-19(12-9-15-6-4-5-10-18-15)17(20)13-16-8-7-14(2)21-16/h4-8,10H,3,9,11-13H2,1-2H3. The molecule has 0 radical (unpaired) electrons. The number of hydrogen-bond donors (Lipinski definition) is 0. The van der Waals surface area contributed by atoms with E-state index >= 15 is 0 Å². The van der Waals surface area contributed by atoms with Crippen molar-refractivity contribution in [2.45, 2.75) is 33.1 Å². The number of aryl methyl sites for hydroxylation is 1. The molecule has 0 aliphatic rings. The number of carbonyl (C=O) groups excluding carboxylic acids is 1. The van der Waals surface area contributed by atoms with Gasteiger partial charge in [-0.25, -0.2) is 0 Å². The third-order valence-corrected chi connectivity index (χ3v) is 4.33. The zero-order valence-electron chi connectivity index (χ0n) is 12.7. The number of amides is 1. The largest absolute Gasteiger partial charge is 0.342 e. The molecule has 3 nitrogen and oxygen atoms in total. The Kier molecular flexibility index (Phi) is 5.93. The number of nitrogens with zero attached hydrogens (tertiary/aromatic N) is 2. The van der Waals surface area contributed by atoms with E-state index in [1.54, 1.807) is 17.5 Å². The van der Waals surface area contributed by atoms with E-state index < -0.39 is 0 Å². The van der Waals surface area contributed by atoms with E-state index in [9.17, 15) is 4.79 Å². The van der Waals surface area contributed by atoms with E-state index in [1.165, 1.54) is 4.88 Å². The molecule has 0 spiro atoms. The molecule has 2 rings (SSSR count). The molecule has 0 fully saturated rings. The van der Waals surface area contributed by atoms with E-state index in [1.807, 2.05) is 23.1 Å². The summed E-state index contributed by atoms with van der Waals surface area (Å²) in [7, 11) is 0. The summed E-state index contributed by atoms with van der Waals surface area (Å²) < 4.78 is 0. The third kappa shape index (κ3) is 4.97. The number of hydrogen-bond acceptors (Lipinski definition) is 3. The molecule has 21 heavy (non-hydrogen) atoms. The summed E-state index contributed by atoms with van der Waals surface area (Å²) in [6.45, 7) is 5.74. The van der Waals surface area contributed by atoms with Gasteiger partial charge in [0, 0.05) is 41.2 Å². The van der Waals surface area contributed by atoms with Crippen molar-refractivity contribution in [1.82, 2.24) is 9.88 Å². The van der Waals surface area contributed by atoms with Crippen LogP contribution in [-0.2, 0) is 17.6 Å². The van der Waals surface area contributed by atoms with Crippen LogP contribution in [0, 0.1) is 6.92 Å². The molecule has 0 unspecified atom stereocenters. The van der Waals surface area contributed by atoms with E-state index in [2.05, 4.69) is 31.0 Å². The van der Waals surface area contributed by atoms with Gasteiger partial charge in [0.15, 0.2) is 0 Å². The minimum Gasteiger partial charge on any atom is -0.342 e. The van der Waals surface area contributed by atoms with Crippen molar-refractivity contribution >= 4 is 17.2 Å². The quantitative estimate of drug-likeness (QED) is 0.784. The molecule has 0 bridgehead atoms. The fourth-order valence-corrected chi connectivity index (χ4v) is 3.15. The molecule has 0 saturated carbocycles. The van der Waals surface area contributed by atoms with Gasteiger partial charge in [-0.3, -0.25) is 9.78 Å². The summed E-state index contributed by atoms with van der Waals surface area (Å²) in [5.74, 6) is 0.217. The molecule has 2 aromatic heterocycles. The maximum absolute atomic E-state index is 12.4. The van der Waals surface area contributed by atoms with Gasteiger partial charge in [0.2, 0.25) is 5.91 Å². The van der Waals surface area contributed by atoms with E-state index in [0.717, 1.165) is 36.5 Å². The number of aromatic nitrogens is 1. The molecule has 2 heterocycles. The lowest BCUT2D eigenvalue weighted by Gasteiger charge is -2.21. The average molecular weight is 302 g/mol. The first-order valence-corrected chi connectivity index (χ1v) is 8.23. The van der Waals surface area contributed by atoms with Gasteiger partial charge >= 0.3 is 0 Å². The van der Waals surface area contributed by atoms with Crippen LogP contribution in [0.25, 0.3) is 0 Å². The highest BCUT2D eigenvalue weighted by atomic mass is 32.1. The third-order valence-electron chi connectivity index (χ3n) is 3.33. The van der Waals surface area contributed by atoms with Crippen LogP contribution in [0.5, 0.6) is 0 Å². The zero-order valence-corrected chi connectivity index (χ0v) is 13.5.